The number of carboxylic acids is 1. The van der Waals surface area contributed by atoms with Gasteiger partial charge in [0.15, 0.2) is 0 Å². The van der Waals surface area contributed by atoms with Crippen LogP contribution >= 0.6 is 0 Å². The lowest BCUT2D eigenvalue weighted by molar-refractivity contribution is -0.138. The summed E-state index contributed by atoms with van der Waals surface area (Å²) in [5.74, 6) is -2.40. The molecule has 0 spiro atoms. The molecule has 0 aromatic heterocycles. The van der Waals surface area contributed by atoms with Crippen molar-refractivity contribution >= 4 is 21.9 Å². The fourth-order valence-corrected chi connectivity index (χ4v) is 4.13. The third-order valence-corrected chi connectivity index (χ3v) is 5.51. The van der Waals surface area contributed by atoms with Gasteiger partial charge in [0.2, 0.25) is 15.9 Å². The number of piperidine rings is 1. The lowest BCUT2D eigenvalue weighted by Crippen LogP contribution is -2.52. The van der Waals surface area contributed by atoms with Crippen molar-refractivity contribution in [3.63, 3.8) is 0 Å². The summed E-state index contributed by atoms with van der Waals surface area (Å²) in [5, 5.41) is 10.8. The first-order valence-corrected chi connectivity index (χ1v) is 8.53. The third kappa shape index (κ3) is 4.05. The molecule has 1 amide bonds. The second-order valence-corrected chi connectivity index (χ2v) is 7.08. The first kappa shape index (κ1) is 17.4. The smallest absolute Gasteiger partial charge is 0.322 e. The maximum Gasteiger partial charge on any atom is 0.322 e. The highest BCUT2D eigenvalue weighted by molar-refractivity contribution is 7.89. The predicted octanol–water partition coefficient (Wildman–Crippen LogP) is 0.570. The van der Waals surface area contributed by atoms with Gasteiger partial charge in [0.25, 0.3) is 0 Å². The molecule has 23 heavy (non-hydrogen) atoms. The number of nitrogens with zero attached hydrogens (tertiary/aromatic N) is 1. The summed E-state index contributed by atoms with van der Waals surface area (Å²) in [6.07, 6.45) is 1.58. The second kappa shape index (κ2) is 7.05. The first-order valence-electron chi connectivity index (χ1n) is 7.09. The van der Waals surface area contributed by atoms with E-state index in [1.807, 2.05) is 0 Å². The van der Waals surface area contributed by atoms with E-state index in [0.717, 1.165) is 28.6 Å². The molecule has 0 radical (unpaired) electrons. The van der Waals surface area contributed by atoms with Gasteiger partial charge in [0.1, 0.15) is 18.4 Å². The molecule has 1 unspecified atom stereocenters. The largest absolute Gasteiger partial charge is 0.480 e. The van der Waals surface area contributed by atoms with Crippen molar-refractivity contribution in [3.8, 4) is 0 Å². The number of rotatable bonds is 5. The second-order valence-electron chi connectivity index (χ2n) is 5.19. The Morgan fingerprint density at radius 1 is 1.26 bits per heavy atom. The topological polar surface area (TPSA) is 104 Å². The van der Waals surface area contributed by atoms with Gasteiger partial charge in [-0.15, -0.1) is 0 Å². The molecule has 126 valence electrons. The molecule has 2 N–H and O–H groups in total. The van der Waals surface area contributed by atoms with E-state index in [1.165, 1.54) is 0 Å². The number of hydrogen-bond acceptors (Lipinski definition) is 4. The van der Waals surface area contributed by atoms with Crippen LogP contribution in [-0.2, 0) is 19.6 Å². The maximum absolute atomic E-state index is 13.0. The summed E-state index contributed by atoms with van der Waals surface area (Å²) >= 11 is 0. The number of aliphatic carboxylic acids is 1. The fourth-order valence-electron chi connectivity index (χ4n) is 2.48. The zero-order valence-corrected chi connectivity index (χ0v) is 13.1. The number of halogens is 1. The lowest BCUT2D eigenvalue weighted by atomic mass is 10.0. The van der Waals surface area contributed by atoms with E-state index in [-0.39, 0.29) is 11.4 Å². The van der Waals surface area contributed by atoms with Gasteiger partial charge >= 0.3 is 5.97 Å². The molecular weight excluding hydrogens is 327 g/mol. The van der Waals surface area contributed by atoms with Crippen LogP contribution in [0.1, 0.15) is 19.3 Å². The Hall–Kier alpha value is -2.00. The molecule has 0 aliphatic carbocycles. The van der Waals surface area contributed by atoms with Gasteiger partial charge in [0.05, 0.1) is 4.90 Å². The molecule has 2 rings (SSSR count). The number of carboxylic acid groups (broad SMARTS) is 1. The van der Waals surface area contributed by atoms with Crippen molar-refractivity contribution in [2.75, 3.05) is 13.1 Å². The van der Waals surface area contributed by atoms with Crippen LogP contribution in [0, 0.1) is 5.82 Å². The van der Waals surface area contributed by atoms with Crippen LogP contribution in [-0.4, -0.2) is 48.8 Å². The van der Waals surface area contributed by atoms with Crippen LogP contribution in [0.4, 0.5) is 4.39 Å². The number of sulfonamides is 1. The van der Waals surface area contributed by atoms with Crippen LogP contribution in [0.15, 0.2) is 29.2 Å². The zero-order valence-electron chi connectivity index (χ0n) is 12.2. The van der Waals surface area contributed by atoms with Gasteiger partial charge in [-0.3, -0.25) is 9.59 Å². The Morgan fingerprint density at radius 3 is 2.52 bits per heavy atom. The van der Waals surface area contributed by atoms with E-state index in [1.54, 1.807) is 0 Å². The van der Waals surface area contributed by atoms with Crippen molar-refractivity contribution in [1.82, 2.24) is 9.62 Å². The zero-order chi connectivity index (χ0) is 17.0. The summed E-state index contributed by atoms with van der Waals surface area (Å²) in [5.41, 5.74) is 0. The van der Waals surface area contributed by atoms with Crippen LogP contribution in [0.25, 0.3) is 0 Å². The fraction of sp³-hybridized carbons (Fsp3) is 0.429. The van der Waals surface area contributed by atoms with Crippen LogP contribution in [0.5, 0.6) is 0 Å². The molecule has 1 fully saturated rings. The van der Waals surface area contributed by atoms with Crippen molar-refractivity contribution in [2.45, 2.75) is 30.2 Å². The molecule has 1 heterocycles. The Labute approximate surface area is 133 Å². The normalized spacial score (nSPS) is 19.3. The number of benzene rings is 1. The van der Waals surface area contributed by atoms with Gasteiger partial charge in [-0.05, 0) is 37.1 Å². The Bertz CT molecular complexity index is 690. The Balaban J connectivity index is 2.24. The van der Waals surface area contributed by atoms with Gasteiger partial charge in [-0.25, -0.2) is 12.8 Å². The third-order valence-electron chi connectivity index (χ3n) is 3.59. The standard InChI is InChI=1S/C14H17FN2O5S/c15-10-4-6-11(7-5-10)23(21,22)17-8-2-1-3-12(17)14(20)16-9-13(18)19/h4-7,12H,1-3,8-9H2,(H,16,20)(H,18,19). The minimum Gasteiger partial charge on any atom is -0.480 e. The maximum atomic E-state index is 13.0. The minimum atomic E-state index is -3.95. The van der Waals surface area contributed by atoms with Crippen molar-refractivity contribution in [3.05, 3.63) is 30.1 Å². The molecule has 1 atom stereocenters. The van der Waals surface area contributed by atoms with Gasteiger partial charge < -0.3 is 10.4 Å². The first-order chi connectivity index (χ1) is 10.8. The van der Waals surface area contributed by atoms with Gasteiger partial charge in [-0.2, -0.15) is 4.31 Å². The summed E-state index contributed by atoms with van der Waals surface area (Å²) in [6.45, 7) is -0.412. The highest BCUT2D eigenvalue weighted by Gasteiger charge is 2.37. The van der Waals surface area contributed by atoms with Crippen molar-refractivity contribution in [1.29, 1.82) is 0 Å². The van der Waals surface area contributed by atoms with Gasteiger partial charge in [-0.1, -0.05) is 6.42 Å². The molecule has 1 saturated heterocycles. The summed E-state index contributed by atoms with van der Waals surface area (Å²) in [4.78, 5) is 22.5. The van der Waals surface area contributed by atoms with E-state index in [2.05, 4.69) is 5.32 Å². The highest BCUT2D eigenvalue weighted by Crippen LogP contribution is 2.25. The Morgan fingerprint density at radius 2 is 1.91 bits per heavy atom. The van der Waals surface area contributed by atoms with E-state index in [9.17, 15) is 22.4 Å². The lowest BCUT2D eigenvalue weighted by Gasteiger charge is -2.33. The minimum absolute atomic E-state index is 0.100. The molecule has 9 heteroatoms. The number of hydrogen-bond donors (Lipinski definition) is 2. The SMILES string of the molecule is O=C(O)CNC(=O)C1CCCCN1S(=O)(=O)c1ccc(F)cc1. The number of amides is 1. The summed E-state index contributed by atoms with van der Waals surface area (Å²) in [7, 11) is -3.95. The van der Waals surface area contributed by atoms with E-state index >= 15 is 0 Å². The molecule has 1 aliphatic rings. The molecule has 0 saturated carbocycles. The highest BCUT2D eigenvalue weighted by atomic mass is 32.2. The summed E-state index contributed by atoms with van der Waals surface area (Å²) < 4.78 is 39.3. The summed E-state index contributed by atoms with van der Waals surface area (Å²) in [6, 6.07) is 3.40. The quantitative estimate of drug-likeness (QED) is 0.813. The molecule has 7 nitrogen and oxygen atoms in total. The molecular formula is C14H17FN2O5S. The molecule has 1 aliphatic heterocycles. The molecule has 1 aromatic carbocycles. The van der Waals surface area contributed by atoms with Gasteiger partial charge in [0, 0.05) is 6.54 Å². The number of carbonyl (C=O) groups excluding carboxylic acids is 1. The molecule has 0 bridgehead atoms. The van der Waals surface area contributed by atoms with Crippen LogP contribution in [0.2, 0.25) is 0 Å². The predicted molar refractivity (Wildman–Crippen MR) is 78.6 cm³/mol. The van der Waals surface area contributed by atoms with E-state index < -0.39 is 40.3 Å². The molecule has 1 aromatic rings. The van der Waals surface area contributed by atoms with E-state index in [0.29, 0.717) is 19.3 Å². The van der Waals surface area contributed by atoms with E-state index in [4.69, 9.17) is 5.11 Å². The average Bonchev–Trinajstić information content (AvgIpc) is 2.53. The monoisotopic (exact) mass is 344 g/mol. The number of nitrogens with one attached hydrogen (secondary N) is 1. The average molecular weight is 344 g/mol. The van der Waals surface area contributed by atoms with Crippen LogP contribution < -0.4 is 5.32 Å². The van der Waals surface area contributed by atoms with Crippen molar-refractivity contribution < 1.29 is 27.5 Å². The Kier molecular flexibility index (Phi) is 5.32. The van der Waals surface area contributed by atoms with Crippen LogP contribution in [0.3, 0.4) is 0 Å². The van der Waals surface area contributed by atoms with Crippen molar-refractivity contribution in [2.24, 2.45) is 0 Å². The number of carbonyl (C=O) groups is 2.